The summed E-state index contributed by atoms with van der Waals surface area (Å²) in [5.41, 5.74) is -0.765. The maximum Gasteiger partial charge on any atom is 0.416 e. The summed E-state index contributed by atoms with van der Waals surface area (Å²) < 4.78 is 37.7. The quantitative estimate of drug-likeness (QED) is 0.852. The Labute approximate surface area is 117 Å². The highest BCUT2D eigenvalue weighted by atomic mass is 35.5. The van der Waals surface area contributed by atoms with Crippen LogP contribution in [0.2, 0.25) is 5.15 Å². The van der Waals surface area contributed by atoms with Gasteiger partial charge >= 0.3 is 6.18 Å². The van der Waals surface area contributed by atoms with E-state index in [1.807, 2.05) is 0 Å². The third-order valence-corrected chi connectivity index (χ3v) is 2.76. The highest BCUT2D eigenvalue weighted by Gasteiger charge is 2.30. The third-order valence-electron chi connectivity index (χ3n) is 2.46. The van der Waals surface area contributed by atoms with Crippen molar-refractivity contribution < 1.29 is 18.0 Å². The highest BCUT2D eigenvalue weighted by Crippen LogP contribution is 2.29. The zero-order chi connectivity index (χ0) is 14.8. The van der Waals surface area contributed by atoms with Crippen LogP contribution in [-0.4, -0.2) is 10.9 Å². The SMILES string of the molecule is O=C(Nc1cccnc1Cl)c1cccc(C(F)(F)F)c1. The summed E-state index contributed by atoms with van der Waals surface area (Å²) >= 11 is 5.75. The molecule has 1 heterocycles. The molecule has 0 saturated heterocycles. The van der Waals surface area contributed by atoms with E-state index in [1.54, 1.807) is 6.07 Å². The largest absolute Gasteiger partial charge is 0.416 e. The van der Waals surface area contributed by atoms with Gasteiger partial charge in [-0.25, -0.2) is 4.98 Å². The molecule has 2 rings (SSSR count). The second-order valence-electron chi connectivity index (χ2n) is 3.87. The molecule has 20 heavy (non-hydrogen) atoms. The van der Waals surface area contributed by atoms with Crippen molar-refractivity contribution in [1.29, 1.82) is 0 Å². The number of pyridine rings is 1. The highest BCUT2D eigenvalue weighted by molar-refractivity contribution is 6.32. The molecule has 0 fully saturated rings. The Balaban J connectivity index is 2.24. The van der Waals surface area contributed by atoms with Crippen LogP contribution >= 0.6 is 11.6 Å². The van der Waals surface area contributed by atoms with Crippen LogP contribution in [0.25, 0.3) is 0 Å². The van der Waals surface area contributed by atoms with Crippen molar-refractivity contribution in [3.05, 3.63) is 58.9 Å². The van der Waals surface area contributed by atoms with Gasteiger partial charge in [0.1, 0.15) is 0 Å². The lowest BCUT2D eigenvalue weighted by Crippen LogP contribution is -2.14. The first-order valence-electron chi connectivity index (χ1n) is 5.47. The minimum Gasteiger partial charge on any atom is -0.319 e. The van der Waals surface area contributed by atoms with Crippen LogP contribution in [0.15, 0.2) is 42.6 Å². The predicted octanol–water partition coefficient (Wildman–Crippen LogP) is 4.01. The maximum atomic E-state index is 12.6. The molecule has 0 aliphatic carbocycles. The number of rotatable bonds is 2. The summed E-state index contributed by atoms with van der Waals surface area (Å²) in [6.45, 7) is 0. The van der Waals surface area contributed by atoms with Gasteiger partial charge in [-0.2, -0.15) is 13.2 Å². The van der Waals surface area contributed by atoms with E-state index in [0.29, 0.717) is 0 Å². The van der Waals surface area contributed by atoms with Crippen molar-refractivity contribution in [1.82, 2.24) is 4.98 Å². The van der Waals surface area contributed by atoms with E-state index in [9.17, 15) is 18.0 Å². The van der Waals surface area contributed by atoms with E-state index < -0.39 is 17.6 Å². The molecule has 3 nitrogen and oxygen atoms in total. The maximum absolute atomic E-state index is 12.6. The summed E-state index contributed by atoms with van der Waals surface area (Å²) in [4.78, 5) is 15.6. The number of anilines is 1. The Morgan fingerprint density at radius 2 is 1.95 bits per heavy atom. The Morgan fingerprint density at radius 1 is 1.20 bits per heavy atom. The Hall–Kier alpha value is -2.08. The van der Waals surface area contributed by atoms with Gasteiger partial charge in [0.15, 0.2) is 5.15 Å². The molecular formula is C13H8ClF3N2O. The summed E-state index contributed by atoms with van der Waals surface area (Å²) in [5, 5.41) is 2.47. The van der Waals surface area contributed by atoms with Crippen molar-refractivity contribution in [2.24, 2.45) is 0 Å². The van der Waals surface area contributed by atoms with Crippen LogP contribution in [0.3, 0.4) is 0 Å². The predicted molar refractivity (Wildman–Crippen MR) is 68.6 cm³/mol. The van der Waals surface area contributed by atoms with Gasteiger partial charge in [-0.05, 0) is 30.3 Å². The molecule has 0 aliphatic rings. The monoisotopic (exact) mass is 300 g/mol. The number of aromatic nitrogens is 1. The molecule has 0 spiro atoms. The molecule has 1 aromatic carbocycles. The van der Waals surface area contributed by atoms with Gasteiger partial charge in [0, 0.05) is 11.8 Å². The minimum atomic E-state index is -4.50. The lowest BCUT2D eigenvalue weighted by molar-refractivity contribution is -0.137. The number of halogens is 4. The van der Waals surface area contributed by atoms with E-state index in [0.717, 1.165) is 12.1 Å². The van der Waals surface area contributed by atoms with Crippen molar-refractivity contribution in [3.63, 3.8) is 0 Å². The molecule has 1 aromatic heterocycles. The fourth-order valence-electron chi connectivity index (χ4n) is 1.51. The molecule has 2 aromatic rings. The number of alkyl halides is 3. The number of nitrogens with one attached hydrogen (secondary N) is 1. The van der Waals surface area contributed by atoms with Crippen molar-refractivity contribution in [2.45, 2.75) is 6.18 Å². The smallest absolute Gasteiger partial charge is 0.319 e. The van der Waals surface area contributed by atoms with Crippen LogP contribution in [0.1, 0.15) is 15.9 Å². The van der Waals surface area contributed by atoms with Crippen LogP contribution in [-0.2, 0) is 6.18 Å². The number of benzene rings is 1. The van der Waals surface area contributed by atoms with Crippen LogP contribution in [0.5, 0.6) is 0 Å². The Bertz CT molecular complexity index is 644. The molecule has 0 bridgehead atoms. The Kier molecular flexibility index (Phi) is 3.94. The zero-order valence-corrected chi connectivity index (χ0v) is 10.7. The average molecular weight is 301 g/mol. The van der Waals surface area contributed by atoms with E-state index in [1.165, 1.54) is 24.4 Å². The van der Waals surface area contributed by atoms with E-state index in [2.05, 4.69) is 10.3 Å². The number of nitrogens with zero attached hydrogens (tertiary/aromatic N) is 1. The topological polar surface area (TPSA) is 42.0 Å². The van der Waals surface area contributed by atoms with Gasteiger partial charge in [0.2, 0.25) is 0 Å². The fourth-order valence-corrected chi connectivity index (χ4v) is 1.68. The molecule has 0 saturated carbocycles. The number of hydrogen-bond donors (Lipinski definition) is 1. The van der Waals surface area contributed by atoms with E-state index in [-0.39, 0.29) is 16.4 Å². The molecule has 1 amide bonds. The molecule has 0 aliphatic heterocycles. The van der Waals surface area contributed by atoms with Gasteiger partial charge in [-0.3, -0.25) is 4.79 Å². The van der Waals surface area contributed by atoms with Crippen molar-refractivity contribution >= 4 is 23.2 Å². The van der Waals surface area contributed by atoms with Gasteiger partial charge in [-0.15, -0.1) is 0 Å². The van der Waals surface area contributed by atoms with Crippen molar-refractivity contribution in [2.75, 3.05) is 5.32 Å². The van der Waals surface area contributed by atoms with Gasteiger partial charge in [0.25, 0.3) is 5.91 Å². The van der Waals surface area contributed by atoms with Crippen LogP contribution in [0, 0.1) is 0 Å². The average Bonchev–Trinajstić information content (AvgIpc) is 2.40. The molecule has 7 heteroatoms. The minimum absolute atomic E-state index is 0.0628. The second kappa shape index (κ2) is 5.50. The first kappa shape index (κ1) is 14.3. The molecular weight excluding hydrogens is 293 g/mol. The lowest BCUT2D eigenvalue weighted by Gasteiger charge is -2.09. The van der Waals surface area contributed by atoms with E-state index >= 15 is 0 Å². The number of carbonyl (C=O) groups excluding carboxylic acids is 1. The first-order valence-corrected chi connectivity index (χ1v) is 5.85. The molecule has 104 valence electrons. The second-order valence-corrected chi connectivity index (χ2v) is 4.23. The van der Waals surface area contributed by atoms with E-state index in [4.69, 9.17) is 11.6 Å². The first-order chi connectivity index (χ1) is 9.38. The third kappa shape index (κ3) is 3.27. The molecule has 0 unspecified atom stereocenters. The Morgan fingerprint density at radius 3 is 2.60 bits per heavy atom. The van der Waals surface area contributed by atoms with Gasteiger partial charge < -0.3 is 5.32 Å². The molecule has 0 radical (unpaired) electrons. The van der Waals surface area contributed by atoms with Crippen LogP contribution < -0.4 is 5.32 Å². The van der Waals surface area contributed by atoms with Gasteiger partial charge in [-0.1, -0.05) is 17.7 Å². The number of carbonyl (C=O) groups is 1. The number of hydrogen-bond acceptors (Lipinski definition) is 2. The molecule has 1 N–H and O–H groups in total. The summed E-state index contributed by atoms with van der Waals surface area (Å²) in [5.74, 6) is -0.689. The summed E-state index contributed by atoms with van der Waals surface area (Å²) in [6, 6.07) is 7.18. The van der Waals surface area contributed by atoms with Crippen LogP contribution in [0.4, 0.5) is 18.9 Å². The van der Waals surface area contributed by atoms with Crippen molar-refractivity contribution in [3.8, 4) is 0 Å². The molecule has 0 atom stereocenters. The number of amides is 1. The fraction of sp³-hybridized carbons (Fsp3) is 0.0769. The zero-order valence-electron chi connectivity index (χ0n) is 9.91. The summed E-state index contributed by atoms with van der Waals surface area (Å²) in [7, 11) is 0. The summed E-state index contributed by atoms with van der Waals surface area (Å²) in [6.07, 6.45) is -3.06. The van der Waals surface area contributed by atoms with Gasteiger partial charge in [0.05, 0.1) is 11.3 Å². The lowest BCUT2D eigenvalue weighted by atomic mass is 10.1. The standard InChI is InChI=1S/C13H8ClF3N2O/c14-11-10(5-2-6-18-11)19-12(20)8-3-1-4-9(7-8)13(15,16)17/h1-7H,(H,19,20). The normalized spacial score (nSPS) is 11.2.